The predicted octanol–water partition coefficient (Wildman–Crippen LogP) is 9.90. The summed E-state index contributed by atoms with van der Waals surface area (Å²) >= 11 is 0. The van der Waals surface area contributed by atoms with Gasteiger partial charge in [0.25, 0.3) is 0 Å². The van der Waals surface area contributed by atoms with E-state index in [9.17, 15) is 0 Å². The number of aryl methyl sites for hydroxylation is 1. The quantitative estimate of drug-likeness (QED) is 0.198. The Labute approximate surface area is 286 Å². The summed E-state index contributed by atoms with van der Waals surface area (Å²) in [5.74, 6) is 3.26. The van der Waals surface area contributed by atoms with Gasteiger partial charge in [-0.2, -0.15) is 0 Å². The van der Waals surface area contributed by atoms with Crippen LogP contribution in [0, 0.1) is 0 Å². The van der Waals surface area contributed by atoms with E-state index in [-0.39, 0.29) is 13.5 Å². The number of hydrogen-bond acceptors (Lipinski definition) is 7. The first-order valence-corrected chi connectivity index (χ1v) is 17.1. The number of allylic oxidation sites excluding steroid dienone is 2. The van der Waals surface area contributed by atoms with E-state index in [1.807, 2.05) is 39.0 Å². The fourth-order valence-electron chi connectivity index (χ4n) is 6.21. The third-order valence-corrected chi connectivity index (χ3v) is 8.89. The van der Waals surface area contributed by atoms with Crippen molar-refractivity contribution in [1.82, 2.24) is 15.2 Å². The van der Waals surface area contributed by atoms with Gasteiger partial charge in [0.15, 0.2) is 11.5 Å². The highest BCUT2D eigenvalue weighted by Gasteiger charge is 2.24. The number of fused-ring (bicyclic) bond motifs is 2. The largest absolute Gasteiger partial charge is 0.454 e. The van der Waals surface area contributed by atoms with Gasteiger partial charge in [0, 0.05) is 66.2 Å². The fraction of sp³-hybridized carbons (Fsp3) is 0.500. The summed E-state index contributed by atoms with van der Waals surface area (Å²) in [5.41, 5.74) is 9.44. The molecule has 5 rings (SSSR count). The first kappa shape index (κ1) is 39.2. The van der Waals surface area contributed by atoms with Crippen molar-refractivity contribution in [1.29, 1.82) is 0 Å². The number of nitrogens with zero attached hydrogens (tertiary/aromatic N) is 3. The first-order chi connectivity index (χ1) is 22.2. The highest BCUT2D eigenvalue weighted by Crippen LogP contribution is 2.34. The van der Waals surface area contributed by atoms with E-state index in [1.54, 1.807) is 6.20 Å². The molecule has 0 bridgehead atoms. The molecular formula is C40H61N5O2. The SMILES string of the molecule is C.C=C(NC(CC)C(=C)C)c1ccc2c(c1)OCO2.C=CN=C(C)/C(CC)=C(\C)N1CCC(c2ccc3c(n2)NCCC3)CC1.CC. The summed E-state index contributed by atoms with van der Waals surface area (Å²) in [5, 5.41) is 6.85. The van der Waals surface area contributed by atoms with Crippen molar-refractivity contribution in [2.75, 3.05) is 31.7 Å². The molecule has 1 atom stereocenters. The van der Waals surface area contributed by atoms with Crippen LogP contribution in [0.3, 0.4) is 0 Å². The van der Waals surface area contributed by atoms with E-state index in [4.69, 9.17) is 14.5 Å². The smallest absolute Gasteiger partial charge is 0.231 e. The maximum Gasteiger partial charge on any atom is 0.231 e. The number of pyridine rings is 1. The molecule has 0 spiro atoms. The van der Waals surface area contributed by atoms with Crippen LogP contribution in [0.4, 0.5) is 5.82 Å². The average molecular weight is 644 g/mol. The van der Waals surface area contributed by atoms with Gasteiger partial charge in [-0.25, -0.2) is 4.98 Å². The van der Waals surface area contributed by atoms with Crippen molar-refractivity contribution in [3.8, 4) is 11.5 Å². The molecule has 47 heavy (non-hydrogen) atoms. The Hall–Kier alpha value is -4.00. The van der Waals surface area contributed by atoms with Gasteiger partial charge >= 0.3 is 0 Å². The van der Waals surface area contributed by atoms with Crippen molar-refractivity contribution < 1.29 is 9.47 Å². The van der Waals surface area contributed by atoms with Crippen LogP contribution in [0.2, 0.25) is 0 Å². The van der Waals surface area contributed by atoms with Gasteiger partial charge in [-0.1, -0.05) is 66.5 Å². The Morgan fingerprint density at radius 3 is 2.43 bits per heavy atom. The van der Waals surface area contributed by atoms with Crippen molar-refractivity contribution >= 4 is 17.2 Å². The maximum atomic E-state index is 5.36. The minimum Gasteiger partial charge on any atom is -0.454 e. The highest BCUT2D eigenvalue weighted by atomic mass is 16.7. The number of ether oxygens (including phenoxy) is 2. The van der Waals surface area contributed by atoms with Gasteiger partial charge in [0.05, 0.1) is 0 Å². The molecule has 7 nitrogen and oxygen atoms in total. The fourth-order valence-corrected chi connectivity index (χ4v) is 6.21. The van der Waals surface area contributed by atoms with Gasteiger partial charge in [-0.15, -0.1) is 0 Å². The second kappa shape index (κ2) is 19.6. The highest BCUT2D eigenvalue weighted by molar-refractivity contribution is 5.99. The number of benzene rings is 1. The molecule has 1 aromatic carbocycles. The van der Waals surface area contributed by atoms with Crippen LogP contribution in [-0.4, -0.2) is 48.1 Å². The summed E-state index contributed by atoms with van der Waals surface area (Å²) in [7, 11) is 0. The number of hydrogen-bond donors (Lipinski definition) is 2. The molecule has 7 heteroatoms. The second-order valence-electron chi connectivity index (χ2n) is 11.8. The molecule has 258 valence electrons. The molecular weight excluding hydrogens is 582 g/mol. The molecule has 2 N–H and O–H groups in total. The lowest BCUT2D eigenvalue weighted by atomic mass is 9.91. The Balaban J connectivity index is 0.000000322. The monoisotopic (exact) mass is 643 g/mol. The lowest BCUT2D eigenvalue weighted by molar-refractivity contribution is 0.174. The van der Waals surface area contributed by atoms with Crippen molar-refractivity contribution in [3.05, 3.63) is 89.9 Å². The number of rotatable bonds is 10. The van der Waals surface area contributed by atoms with Crippen molar-refractivity contribution in [3.63, 3.8) is 0 Å². The topological polar surface area (TPSA) is 71.0 Å². The Kier molecular flexibility index (Phi) is 16.3. The molecule has 1 fully saturated rings. The van der Waals surface area contributed by atoms with Crippen LogP contribution in [0.1, 0.15) is 111 Å². The molecule has 3 aliphatic heterocycles. The number of anilines is 1. The predicted molar refractivity (Wildman–Crippen MR) is 203 cm³/mol. The molecule has 1 saturated heterocycles. The van der Waals surface area contributed by atoms with E-state index in [0.29, 0.717) is 12.7 Å². The molecule has 1 aromatic heterocycles. The van der Waals surface area contributed by atoms with E-state index < -0.39 is 0 Å². The molecule has 0 saturated carbocycles. The van der Waals surface area contributed by atoms with Gasteiger partial charge in [0.2, 0.25) is 6.79 Å². The van der Waals surface area contributed by atoms with Crippen LogP contribution >= 0.6 is 0 Å². The summed E-state index contributed by atoms with van der Waals surface area (Å²) in [6.45, 7) is 30.0. The minimum absolute atomic E-state index is 0. The first-order valence-electron chi connectivity index (χ1n) is 17.1. The van der Waals surface area contributed by atoms with Crippen LogP contribution in [0.15, 0.2) is 78.1 Å². The van der Waals surface area contributed by atoms with E-state index in [0.717, 1.165) is 91.6 Å². The summed E-state index contributed by atoms with van der Waals surface area (Å²) in [6.07, 6.45) is 8.33. The lowest BCUT2D eigenvalue weighted by Crippen LogP contribution is -2.33. The van der Waals surface area contributed by atoms with Gasteiger partial charge in [-0.05, 0) is 94.7 Å². The van der Waals surface area contributed by atoms with Gasteiger partial charge in [-0.3, -0.25) is 4.99 Å². The summed E-state index contributed by atoms with van der Waals surface area (Å²) in [6, 6.07) is 10.6. The Morgan fingerprint density at radius 1 is 1.09 bits per heavy atom. The minimum atomic E-state index is 0. The summed E-state index contributed by atoms with van der Waals surface area (Å²) < 4.78 is 10.6. The number of aromatic nitrogens is 1. The van der Waals surface area contributed by atoms with E-state index >= 15 is 0 Å². The van der Waals surface area contributed by atoms with Gasteiger partial charge < -0.3 is 25.0 Å². The molecule has 0 aliphatic carbocycles. The van der Waals surface area contributed by atoms with Crippen LogP contribution in [0.25, 0.3) is 5.70 Å². The molecule has 0 radical (unpaired) electrons. The van der Waals surface area contributed by atoms with Crippen molar-refractivity contribution in [2.45, 2.75) is 106 Å². The Morgan fingerprint density at radius 2 is 1.79 bits per heavy atom. The number of nitrogens with one attached hydrogen (secondary N) is 2. The van der Waals surface area contributed by atoms with Crippen LogP contribution in [-0.2, 0) is 6.42 Å². The van der Waals surface area contributed by atoms with Crippen LogP contribution in [0.5, 0.6) is 11.5 Å². The number of aliphatic imine (C=N–C) groups is 1. The van der Waals surface area contributed by atoms with E-state index in [2.05, 4.69) is 80.1 Å². The molecule has 2 aromatic rings. The van der Waals surface area contributed by atoms with Crippen LogP contribution < -0.4 is 20.1 Å². The standard InChI is InChI=1S/C22H32N4.C15H19NO2.C2H6.CH4/c1-5-20(16(3)23-6-2)17(4)26-14-11-18(12-15-26)21-10-9-19-8-7-13-24-22(19)25-21;1-5-13(10(2)3)16-11(4)12-6-7-14-15(8-12)18-9-17-14;1-2;/h6,9-10,18H,2,5,7-8,11-15H2,1,3-4H3,(H,24,25);6-8,13,16H,2,4-5,9H2,1,3H3;1-2H3;1H4/b20-17+,23-16?;;;. The maximum absolute atomic E-state index is 5.36. The molecule has 4 heterocycles. The molecule has 0 amide bonds. The summed E-state index contributed by atoms with van der Waals surface area (Å²) in [4.78, 5) is 11.9. The number of piperidine rings is 1. The average Bonchev–Trinajstić information content (AvgIpc) is 3.56. The number of likely N-dealkylation sites (tertiary alicyclic amines) is 1. The zero-order valence-corrected chi connectivity index (χ0v) is 29.5. The molecule has 1 unspecified atom stereocenters. The van der Waals surface area contributed by atoms with E-state index in [1.165, 1.54) is 28.9 Å². The van der Waals surface area contributed by atoms with Gasteiger partial charge in [0.1, 0.15) is 5.82 Å². The van der Waals surface area contributed by atoms with Crippen molar-refractivity contribution in [2.24, 2.45) is 4.99 Å². The lowest BCUT2D eigenvalue weighted by Gasteiger charge is -2.35. The second-order valence-corrected chi connectivity index (χ2v) is 11.8. The zero-order chi connectivity index (χ0) is 33.6. The normalized spacial score (nSPS) is 16.3. The molecule has 3 aliphatic rings. The third kappa shape index (κ3) is 10.5. The zero-order valence-electron chi connectivity index (χ0n) is 29.5. The third-order valence-electron chi connectivity index (χ3n) is 8.89. The Bertz CT molecular complexity index is 1400.